The van der Waals surface area contributed by atoms with Crippen LogP contribution in [-0.2, 0) is 16.2 Å². The van der Waals surface area contributed by atoms with Crippen molar-refractivity contribution in [3.63, 3.8) is 0 Å². The summed E-state index contributed by atoms with van der Waals surface area (Å²) in [7, 11) is 1.39. The van der Waals surface area contributed by atoms with Gasteiger partial charge in [0.25, 0.3) is 0 Å². The van der Waals surface area contributed by atoms with E-state index in [2.05, 4.69) is 5.48 Å². The minimum atomic E-state index is -0.573. The Morgan fingerprint density at radius 2 is 2.00 bits per heavy atom. The molecule has 0 bridgehead atoms. The van der Waals surface area contributed by atoms with Gasteiger partial charge in [0, 0.05) is 19.5 Å². The van der Waals surface area contributed by atoms with Gasteiger partial charge in [0.2, 0.25) is 5.91 Å². The molecule has 1 aromatic carbocycles. The number of amides is 3. The Morgan fingerprint density at radius 1 is 1.35 bits per heavy atom. The largest absolute Gasteiger partial charge is 0.352 e. The molecule has 1 rings (SSSR count). The standard InChI is InChI=1S/C12H19N5O3/c1-8-5-4-6-11(17(14)12(19)16(3)13)10(8)7-20-15-9(2)18/h4-6H,7,13-14H2,1-3H3,(H,15,18). The summed E-state index contributed by atoms with van der Waals surface area (Å²) in [6.45, 7) is 3.26. The predicted molar refractivity (Wildman–Crippen MR) is 73.8 cm³/mol. The molecule has 8 heteroatoms. The first-order chi connectivity index (χ1) is 9.34. The molecule has 0 aliphatic heterocycles. The molecule has 0 aliphatic carbocycles. The highest BCUT2D eigenvalue weighted by Gasteiger charge is 2.18. The second-order valence-corrected chi connectivity index (χ2v) is 4.28. The summed E-state index contributed by atoms with van der Waals surface area (Å²) in [5, 5.41) is 1.81. The van der Waals surface area contributed by atoms with Crippen molar-refractivity contribution in [2.24, 2.45) is 11.7 Å². The number of hydrogen-bond donors (Lipinski definition) is 3. The van der Waals surface area contributed by atoms with Crippen molar-refractivity contribution in [3.05, 3.63) is 29.3 Å². The van der Waals surface area contributed by atoms with Crippen LogP contribution in [0.1, 0.15) is 18.1 Å². The Balaban J connectivity index is 2.98. The van der Waals surface area contributed by atoms with E-state index in [0.717, 1.165) is 15.6 Å². The van der Waals surface area contributed by atoms with Crippen LogP contribution in [-0.4, -0.2) is 24.0 Å². The number of nitrogens with one attached hydrogen (secondary N) is 1. The van der Waals surface area contributed by atoms with E-state index in [-0.39, 0.29) is 12.5 Å². The van der Waals surface area contributed by atoms with E-state index in [9.17, 15) is 9.59 Å². The maximum absolute atomic E-state index is 11.8. The second-order valence-electron chi connectivity index (χ2n) is 4.28. The second kappa shape index (κ2) is 6.85. The van der Waals surface area contributed by atoms with Crippen LogP contribution in [0, 0.1) is 6.92 Å². The Bertz CT molecular complexity index is 504. The highest BCUT2D eigenvalue weighted by atomic mass is 16.6. The third-order valence-electron chi connectivity index (χ3n) is 2.59. The number of carbonyl (C=O) groups is 2. The molecule has 0 atom stereocenters. The summed E-state index contributed by atoms with van der Waals surface area (Å²) < 4.78 is 0. The van der Waals surface area contributed by atoms with Crippen LogP contribution < -0.4 is 22.2 Å². The van der Waals surface area contributed by atoms with Crippen LogP contribution in [0.5, 0.6) is 0 Å². The monoisotopic (exact) mass is 281 g/mol. The van der Waals surface area contributed by atoms with Gasteiger partial charge in [0.1, 0.15) is 6.61 Å². The predicted octanol–water partition coefficient (Wildman–Crippen LogP) is 0.168. The number of benzene rings is 1. The number of urea groups is 1. The Kier molecular flexibility index (Phi) is 5.44. The van der Waals surface area contributed by atoms with Crippen LogP contribution in [0.25, 0.3) is 0 Å². The van der Waals surface area contributed by atoms with Gasteiger partial charge >= 0.3 is 6.03 Å². The molecule has 0 spiro atoms. The number of aryl methyl sites for hydroxylation is 1. The number of carbonyl (C=O) groups excluding carboxylic acids is 2. The summed E-state index contributed by atoms with van der Waals surface area (Å²) in [6.07, 6.45) is 0. The van der Waals surface area contributed by atoms with Gasteiger partial charge in [-0.15, -0.1) is 0 Å². The lowest BCUT2D eigenvalue weighted by atomic mass is 10.1. The van der Waals surface area contributed by atoms with Gasteiger partial charge in [0.05, 0.1) is 5.69 Å². The van der Waals surface area contributed by atoms with E-state index < -0.39 is 6.03 Å². The van der Waals surface area contributed by atoms with E-state index in [1.165, 1.54) is 14.0 Å². The summed E-state index contributed by atoms with van der Waals surface area (Å²) in [5.74, 6) is 10.8. The molecule has 0 aliphatic rings. The molecule has 0 unspecified atom stereocenters. The van der Waals surface area contributed by atoms with Crippen molar-refractivity contribution in [3.8, 4) is 0 Å². The summed E-state index contributed by atoms with van der Waals surface area (Å²) >= 11 is 0. The fourth-order valence-corrected chi connectivity index (χ4v) is 1.58. The number of rotatable bonds is 4. The van der Waals surface area contributed by atoms with E-state index >= 15 is 0 Å². The Labute approximate surface area is 117 Å². The van der Waals surface area contributed by atoms with Crippen molar-refractivity contribution in [2.45, 2.75) is 20.5 Å². The summed E-state index contributed by atoms with van der Waals surface area (Å²) in [4.78, 5) is 27.6. The van der Waals surface area contributed by atoms with E-state index in [4.69, 9.17) is 16.5 Å². The topological polar surface area (TPSA) is 114 Å². The van der Waals surface area contributed by atoms with Gasteiger partial charge in [-0.2, -0.15) is 0 Å². The number of hydroxylamine groups is 1. The number of hydrazine groups is 2. The van der Waals surface area contributed by atoms with Gasteiger partial charge in [0.15, 0.2) is 0 Å². The fraction of sp³-hybridized carbons (Fsp3) is 0.333. The van der Waals surface area contributed by atoms with Crippen LogP contribution in [0.15, 0.2) is 18.2 Å². The zero-order valence-corrected chi connectivity index (χ0v) is 11.7. The summed E-state index contributed by atoms with van der Waals surface area (Å²) in [5.41, 5.74) is 4.23. The number of anilines is 1. The van der Waals surface area contributed by atoms with Gasteiger partial charge in [-0.1, -0.05) is 12.1 Å². The highest BCUT2D eigenvalue weighted by molar-refractivity contribution is 5.91. The molecule has 1 aromatic rings. The average Bonchev–Trinajstić information content (AvgIpc) is 2.38. The molecular formula is C12H19N5O3. The average molecular weight is 281 g/mol. The third kappa shape index (κ3) is 3.92. The molecule has 0 heterocycles. The molecule has 3 amide bonds. The first kappa shape index (κ1) is 15.9. The Hall–Kier alpha value is -2.16. The number of nitrogens with zero attached hydrogens (tertiary/aromatic N) is 2. The molecule has 0 fully saturated rings. The van der Waals surface area contributed by atoms with Crippen molar-refractivity contribution >= 4 is 17.6 Å². The quantitative estimate of drug-likeness (QED) is 0.413. The minimum Gasteiger partial charge on any atom is -0.273 e. The molecule has 5 N–H and O–H groups in total. The lowest BCUT2D eigenvalue weighted by Crippen LogP contribution is -2.49. The SMILES string of the molecule is CC(=O)NOCc1c(C)cccc1N(N)C(=O)N(C)N. The van der Waals surface area contributed by atoms with E-state index in [0.29, 0.717) is 11.3 Å². The molecule has 110 valence electrons. The van der Waals surface area contributed by atoms with Crippen LogP contribution >= 0.6 is 0 Å². The van der Waals surface area contributed by atoms with Crippen molar-refractivity contribution < 1.29 is 14.4 Å². The van der Waals surface area contributed by atoms with Crippen molar-refractivity contribution in [1.82, 2.24) is 10.5 Å². The van der Waals surface area contributed by atoms with Crippen molar-refractivity contribution in [2.75, 3.05) is 12.1 Å². The molecule has 20 heavy (non-hydrogen) atoms. The normalized spacial score (nSPS) is 10.1. The first-order valence-electron chi connectivity index (χ1n) is 5.88. The fourth-order valence-electron chi connectivity index (χ4n) is 1.58. The van der Waals surface area contributed by atoms with Crippen LogP contribution in [0.4, 0.5) is 10.5 Å². The minimum absolute atomic E-state index is 0.0802. The first-order valence-corrected chi connectivity index (χ1v) is 5.88. The maximum Gasteiger partial charge on any atom is 0.352 e. The lowest BCUT2D eigenvalue weighted by Gasteiger charge is -2.24. The maximum atomic E-state index is 11.8. The van der Waals surface area contributed by atoms with E-state index in [1.54, 1.807) is 12.1 Å². The molecule has 8 nitrogen and oxygen atoms in total. The molecule has 0 radical (unpaired) electrons. The molecular weight excluding hydrogens is 262 g/mol. The zero-order valence-electron chi connectivity index (χ0n) is 11.7. The van der Waals surface area contributed by atoms with Gasteiger partial charge < -0.3 is 0 Å². The molecule has 0 saturated heterocycles. The highest BCUT2D eigenvalue weighted by Crippen LogP contribution is 2.23. The summed E-state index contributed by atoms with van der Waals surface area (Å²) in [6, 6.07) is 4.70. The van der Waals surface area contributed by atoms with Crippen LogP contribution in [0.3, 0.4) is 0 Å². The van der Waals surface area contributed by atoms with Gasteiger partial charge in [-0.05, 0) is 18.6 Å². The van der Waals surface area contributed by atoms with E-state index in [1.807, 2.05) is 13.0 Å². The smallest absolute Gasteiger partial charge is 0.273 e. The Morgan fingerprint density at radius 3 is 2.55 bits per heavy atom. The van der Waals surface area contributed by atoms with Gasteiger partial charge in [-0.3, -0.25) is 14.6 Å². The number of nitrogens with two attached hydrogens (primary N) is 2. The number of hydrogen-bond acceptors (Lipinski definition) is 5. The molecule has 0 aromatic heterocycles. The lowest BCUT2D eigenvalue weighted by molar-refractivity contribution is -0.132. The zero-order chi connectivity index (χ0) is 15.3. The van der Waals surface area contributed by atoms with Crippen LogP contribution in [0.2, 0.25) is 0 Å². The van der Waals surface area contributed by atoms with Gasteiger partial charge in [-0.25, -0.2) is 27.0 Å². The molecule has 0 saturated carbocycles. The van der Waals surface area contributed by atoms with Crippen molar-refractivity contribution in [1.29, 1.82) is 0 Å². The third-order valence-corrected chi connectivity index (χ3v) is 2.59.